The van der Waals surface area contributed by atoms with Crippen molar-refractivity contribution in [2.45, 2.75) is 25.9 Å². The van der Waals surface area contributed by atoms with Crippen molar-refractivity contribution in [2.75, 3.05) is 6.54 Å². The summed E-state index contributed by atoms with van der Waals surface area (Å²) in [6, 6.07) is 9.76. The van der Waals surface area contributed by atoms with E-state index >= 15 is 0 Å². The zero-order valence-corrected chi connectivity index (χ0v) is 10.1. The topological polar surface area (TPSA) is 50.7 Å². The summed E-state index contributed by atoms with van der Waals surface area (Å²) in [4.78, 5) is 17.1. The Morgan fingerprint density at radius 2 is 2.18 bits per heavy atom. The highest BCUT2D eigenvalue weighted by atomic mass is 16.7. The Hall–Kier alpha value is -1.84. The third kappa shape index (κ3) is 2.30. The van der Waals surface area contributed by atoms with Gasteiger partial charge in [0.25, 0.3) is 5.91 Å². The van der Waals surface area contributed by atoms with Crippen molar-refractivity contribution in [1.29, 1.82) is 0 Å². The van der Waals surface area contributed by atoms with E-state index in [-0.39, 0.29) is 5.91 Å². The van der Waals surface area contributed by atoms with Crippen molar-refractivity contribution in [1.82, 2.24) is 5.32 Å². The van der Waals surface area contributed by atoms with Gasteiger partial charge in [0.2, 0.25) is 5.60 Å². The average molecular weight is 232 g/mol. The number of amides is 1. The Labute approximate surface area is 101 Å². The van der Waals surface area contributed by atoms with Crippen molar-refractivity contribution in [3.63, 3.8) is 0 Å². The maximum Gasteiger partial charge on any atom is 0.267 e. The van der Waals surface area contributed by atoms with Crippen LogP contribution in [0.15, 0.2) is 35.5 Å². The van der Waals surface area contributed by atoms with Gasteiger partial charge in [0.15, 0.2) is 0 Å². The van der Waals surface area contributed by atoms with Crippen LogP contribution in [0.5, 0.6) is 0 Å². The molecule has 0 spiro atoms. The van der Waals surface area contributed by atoms with E-state index in [9.17, 15) is 4.79 Å². The molecular formula is C13H16N2O2. The van der Waals surface area contributed by atoms with Crippen LogP contribution >= 0.6 is 0 Å². The molecule has 1 aliphatic heterocycles. The smallest absolute Gasteiger partial charge is 0.267 e. The minimum Gasteiger partial charge on any atom is -0.379 e. The van der Waals surface area contributed by atoms with E-state index in [0.29, 0.717) is 13.0 Å². The third-order valence-corrected chi connectivity index (χ3v) is 2.79. The lowest BCUT2D eigenvalue weighted by Gasteiger charge is -2.19. The molecule has 2 rings (SSSR count). The second-order valence-corrected chi connectivity index (χ2v) is 4.26. The molecule has 1 atom stereocenters. The van der Waals surface area contributed by atoms with E-state index < -0.39 is 5.60 Å². The van der Waals surface area contributed by atoms with Crippen LogP contribution in [0.25, 0.3) is 0 Å². The van der Waals surface area contributed by atoms with Crippen molar-refractivity contribution < 1.29 is 9.63 Å². The molecule has 0 radical (unpaired) electrons. The van der Waals surface area contributed by atoms with E-state index in [1.165, 1.54) is 0 Å². The number of carbonyl (C=O) groups excluding carboxylic acids is 1. The molecule has 1 amide bonds. The van der Waals surface area contributed by atoms with Gasteiger partial charge in [0.05, 0.1) is 5.71 Å². The first-order chi connectivity index (χ1) is 8.15. The van der Waals surface area contributed by atoms with Gasteiger partial charge in [-0.2, -0.15) is 0 Å². The Bertz CT molecular complexity index is 442. The van der Waals surface area contributed by atoms with Crippen molar-refractivity contribution in [3.05, 3.63) is 35.9 Å². The number of benzene rings is 1. The summed E-state index contributed by atoms with van der Waals surface area (Å²) in [5, 5.41) is 6.78. The summed E-state index contributed by atoms with van der Waals surface area (Å²) in [6.45, 7) is 4.24. The highest BCUT2D eigenvalue weighted by molar-refractivity contribution is 6.05. The first-order valence-electron chi connectivity index (χ1n) is 5.74. The number of oxime groups is 1. The number of rotatable bonds is 3. The van der Waals surface area contributed by atoms with Crippen LogP contribution in [0.3, 0.4) is 0 Å². The number of nitrogens with zero attached hydrogens (tertiary/aromatic N) is 1. The molecule has 0 saturated carbocycles. The van der Waals surface area contributed by atoms with Crippen LogP contribution < -0.4 is 5.32 Å². The molecule has 1 unspecified atom stereocenters. The lowest BCUT2D eigenvalue weighted by atomic mass is 9.95. The van der Waals surface area contributed by atoms with Crippen molar-refractivity contribution >= 4 is 11.6 Å². The monoisotopic (exact) mass is 232 g/mol. The van der Waals surface area contributed by atoms with E-state index in [1.807, 2.05) is 37.3 Å². The third-order valence-electron chi connectivity index (χ3n) is 2.79. The molecule has 1 aromatic carbocycles. The van der Waals surface area contributed by atoms with Gasteiger partial charge in [-0.1, -0.05) is 35.5 Å². The Morgan fingerprint density at radius 1 is 1.47 bits per heavy atom. The zero-order valence-electron chi connectivity index (χ0n) is 10.1. The minimum atomic E-state index is -0.874. The van der Waals surface area contributed by atoms with E-state index in [2.05, 4.69) is 10.5 Å². The standard InChI is InChI=1S/C13H16N2O2/c1-3-14-12(16)13(2)9-11(15-17-13)10-7-5-4-6-8-10/h4-8H,3,9H2,1-2H3,(H,14,16). The highest BCUT2D eigenvalue weighted by Crippen LogP contribution is 2.26. The first-order valence-corrected chi connectivity index (χ1v) is 5.74. The second-order valence-electron chi connectivity index (χ2n) is 4.26. The quantitative estimate of drug-likeness (QED) is 0.862. The van der Waals surface area contributed by atoms with Crippen LogP contribution in [0.4, 0.5) is 0 Å². The SMILES string of the molecule is CCNC(=O)C1(C)CC(c2ccccc2)=NO1. The summed E-state index contributed by atoms with van der Waals surface area (Å²) in [7, 11) is 0. The van der Waals surface area contributed by atoms with Crippen molar-refractivity contribution in [3.8, 4) is 0 Å². The lowest BCUT2D eigenvalue weighted by molar-refractivity contribution is -0.141. The molecule has 0 bridgehead atoms. The fourth-order valence-electron chi connectivity index (χ4n) is 1.79. The van der Waals surface area contributed by atoms with Gasteiger partial charge in [-0.15, -0.1) is 0 Å². The number of nitrogens with one attached hydrogen (secondary N) is 1. The zero-order chi connectivity index (χ0) is 12.3. The molecule has 1 N–H and O–H groups in total. The molecule has 0 fully saturated rings. The summed E-state index contributed by atoms with van der Waals surface area (Å²) in [6.07, 6.45) is 0.503. The summed E-state index contributed by atoms with van der Waals surface area (Å²) in [5.41, 5.74) is 0.946. The lowest BCUT2D eigenvalue weighted by Crippen LogP contribution is -2.44. The van der Waals surface area contributed by atoms with Crippen LogP contribution in [0.1, 0.15) is 25.8 Å². The average Bonchev–Trinajstić information content (AvgIpc) is 2.75. The molecule has 4 heteroatoms. The molecule has 1 heterocycles. The number of hydrogen-bond donors (Lipinski definition) is 1. The van der Waals surface area contributed by atoms with Gasteiger partial charge in [0, 0.05) is 13.0 Å². The molecule has 4 nitrogen and oxygen atoms in total. The normalized spacial score (nSPS) is 22.8. The molecular weight excluding hydrogens is 216 g/mol. The van der Waals surface area contributed by atoms with Crippen LogP contribution in [0, 0.1) is 0 Å². The minimum absolute atomic E-state index is 0.116. The number of carbonyl (C=O) groups is 1. The van der Waals surface area contributed by atoms with Crippen LogP contribution in [-0.2, 0) is 9.63 Å². The van der Waals surface area contributed by atoms with Gasteiger partial charge in [-0.25, -0.2) is 0 Å². The molecule has 0 aliphatic carbocycles. The highest BCUT2D eigenvalue weighted by Gasteiger charge is 2.41. The van der Waals surface area contributed by atoms with E-state index in [4.69, 9.17) is 4.84 Å². The Morgan fingerprint density at radius 3 is 2.82 bits per heavy atom. The molecule has 0 saturated heterocycles. The second kappa shape index (κ2) is 4.57. The predicted molar refractivity (Wildman–Crippen MR) is 65.8 cm³/mol. The largest absolute Gasteiger partial charge is 0.379 e. The molecule has 1 aromatic rings. The number of hydrogen-bond acceptors (Lipinski definition) is 3. The van der Waals surface area contributed by atoms with Gasteiger partial charge in [-0.05, 0) is 19.4 Å². The Balaban J connectivity index is 2.11. The fraction of sp³-hybridized carbons (Fsp3) is 0.385. The summed E-state index contributed by atoms with van der Waals surface area (Å²) >= 11 is 0. The predicted octanol–water partition coefficient (Wildman–Crippen LogP) is 1.71. The van der Waals surface area contributed by atoms with Gasteiger partial charge >= 0.3 is 0 Å². The van der Waals surface area contributed by atoms with Crippen molar-refractivity contribution in [2.24, 2.45) is 5.16 Å². The van der Waals surface area contributed by atoms with E-state index in [0.717, 1.165) is 11.3 Å². The fourth-order valence-corrected chi connectivity index (χ4v) is 1.79. The van der Waals surface area contributed by atoms with Gasteiger partial charge < -0.3 is 10.2 Å². The number of likely N-dealkylation sites (N-methyl/N-ethyl adjacent to an activating group) is 1. The molecule has 1 aliphatic rings. The van der Waals surface area contributed by atoms with Gasteiger partial charge in [-0.3, -0.25) is 4.79 Å². The summed E-state index contributed by atoms with van der Waals surface area (Å²) < 4.78 is 0. The molecule has 90 valence electrons. The Kier molecular flexibility index (Phi) is 3.13. The maximum absolute atomic E-state index is 11.8. The van der Waals surface area contributed by atoms with E-state index in [1.54, 1.807) is 6.92 Å². The molecule has 17 heavy (non-hydrogen) atoms. The van der Waals surface area contributed by atoms with Gasteiger partial charge in [0.1, 0.15) is 0 Å². The maximum atomic E-state index is 11.8. The van der Waals surface area contributed by atoms with Crippen LogP contribution in [-0.4, -0.2) is 23.8 Å². The van der Waals surface area contributed by atoms with Crippen LogP contribution in [0.2, 0.25) is 0 Å². The first kappa shape index (κ1) is 11.6. The summed E-state index contributed by atoms with van der Waals surface area (Å²) in [5.74, 6) is -0.116. The molecule has 0 aromatic heterocycles.